The molecule has 0 saturated heterocycles. The van der Waals surface area contributed by atoms with Gasteiger partial charge in [0.05, 0.1) is 6.04 Å². The number of rotatable bonds is 3. The summed E-state index contributed by atoms with van der Waals surface area (Å²) in [6.07, 6.45) is 1.29. The molecule has 0 fully saturated rings. The molecule has 1 aliphatic rings. The first-order valence-electron chi connectivity index (χ1n) is 7.19. The lowest BCUT2D eigenvalue weighted by Crippen LogP contribution is -2.40. The summed E-state index contributed by atoms with van der Waals surface area (Å²) in [6, 6.07) is 8.14. The van der Waals surface area contributed by atoms with Gasteiger partial charge in [-0.3, -0.25) is 4.79 Å². The molecule has 0 bridgehead atoms. The number of hydrogen-bond donors (Lipinski definition) is 2. The molecule has 1 atom stereocenters. The molecule has 0 saturated carbocycles. The monoisotopic (exact) mass is 290 g/mol. The van der Waals surface area contributed by atoms with Gasteiger partial charge in [0.2, 0.25) is 5.91 Å². The molecule has 0 aliphatic heterocycles. The highest BCUT2D eigenvalue weighted by atomic mass is 16.6. The molecule has 0 heterocycles. The van der Waals surface area contributed by atoms with E-state index in [4.69, 9.17) is 4.74 Å². The molecule has 0 radical (unpaired) electrons. The largest absolute Gasteiger partial charge is 0.444 e. The van der Waals surface area contributed by atoms with Gasteiger partial charge in [0.15, 0.2) is 0 Å². The van der Waals surface area contributed by atoms with Crippen molar-refractivity contribution < 1.29 is 14.3 Å². The number of aryl methyl sites for hydroxylation is 1. The minimum absolute atomic E-state index is 0.0362. The van der Waals surface area contributed by atoms with Crippen molar-refractivity contribution in [2.45, 2.75) is 45.3 Å². The molecule has 5 heteroatoms. The Morgan fingerprint density at radius 3 is 2.71 bits per heavy atom. The normalized spacial score (nSPS) is 17.0. The second-order valence-corrected chi connectivity index (χ2v) is 6.21. The molecule has 1 aromatic carbocycles. The molecule has 114 valence electrons. The third-order valence-electron chi connectivity index (χ3n) is 3.26. The Hall–Kier alpha value is -2.04. The zero-order chi connectivity index (χ0) is 15.5. The molecule has 1 aromatic rings. The maximum Gasteiger partial charge on any atom is 0.408 e. The van der Waals surface area contributed by atoms with Crippen molar-refractivity contribution in [2.24, 2.45) is 0 Å². The highest BCUT2D eigenvalue weighted by Crippen LogP contribution is 2.30. The van der Waals surface area contributed by atoms with Crippen LogP contribution in [-0.4, -0.2) is 24.1 Å². The summed E-state index contributed by atoms with van der Waals surface area (Å²) in [5.41, 5.74) is 1.89. The van der Waals surface area contributed by atoms with Gasteiger partial charge in [0, 0.05) is 0 Å². The predicted molar refractivity (Wildman–Crippen MR) is 79.9 cm³/mol. The number of nitrogens with one attached hydrogen (secondary N) is 2. The summed E-state index contributed by atoms with van der Waals surface area (Å²) in [5, 5.41) is 5.41. The molecular formula is C16H22N2O3. The summed E-state index contributed by atoms with van der Waals surface area (Å²) in [6.45, 7) is 5.26. The van der Waals surface area contributed by atoms with Gasteiger partial charge in [0.1, 0.15) is 12.1 Å². The minimum Gasteiger partial charge on any atom is -0.444 e. The van der Waals surface area contributed by atoms with Crippen molar-refractivity contribution in [3.05, 3.63) is 35.4 Å². The number of fused-ring (bicyclic) bond motifs is 1. The van der Waals surface area contributed by atoms with Crippen molar-refractivity contribution >= 4 is 12.0 Å². The Morgan fingerprint density at radius 2 is 2.00 bits per heavy atom. The van der Waals surface area contributed by atoms with E-state index in [9.17, 15) is 9.59 Å². The molecule has 1 aliphatic carbocycles. The van der Waals surface area contributed by atoms with E-state index in [0.29, 0.717) is 0 Å². The number of amides is 2. The van der Waals surface area contributed by atoms with Crippen molar-refractivity contribution in [1.29, 1.82) is 0 Å². The fourth-order valence-corrected chi connectivity index (χ4v) is 2.42. The number of carbonyl (C=O) groups is 2. The maximum atomic E-state index is 11.9. The van der Waals surface area contributed by atoms with E-state index in [2.05, 4.69) is 16.7 Å². The lowest BCUT2D eigenvalue weighted by Gasteiger charge is -2.20. The van der Waals surface area contributed by atoms with Crippen LogP contribution in [0.1, 0.15) is 44.4 Å². The zero-order valence-corrected chi connectivity index (χ0v) is 12.7. The smallest absolute Gasteiger partial charge is 0.408 e. The molecule has 0 spiro atoms. The Bertz CT molecular complexity index is 535. The van der Waals surface area contributed by atoms with Crippen LogP contribution in [0.2, 0.25) is 0 Å². The van der Waals surface area contributed by atoms with Crippen LogP contribution in [0.3, 0.4) is 0 Å². The van der Waals surface area contributed by atoms with Gasteiger partial charge in [-0.15, -0.1) is 0 Å². The number of benzene rings is 1. The van der Waals surface area contributed by atoms with Gasteiger partial charge in [-0.25, -0.2) is 4.79 Å². The molecule has 5 nitrogen and oxygen atoms in total. The van der Waals surface area contributed by atoms with Crippen molar-refractivity contribution in [3.63, 3.8) is 0 Å². The molecule has 2 N–H and O–H groups in total. The standard InChI is InChI=1S/C16H22N2O3/c1-16(2,3)21-15(20)17-10-14(19)18-13-9-8-11-6-4-5-7-12(11)13/h4-7,13H,8-10H2,1-3H3,(H,17,20)(H,18,19). The van der Waals surface area contributed by atoms with E-state index < -0.39 is 11.7 Å². The molecule has 1 unspecified atom stereocenters. The van der Waals surface area contributed by atoms with Gasteiger partial charge in [0.25, 0.3) is 0 Å². The first-order valence-corrected chi connectivity index (χ1v) is 7.19. The summed E-state index contributed by atoms with van der Waals surface area (Å²) >= 11 is 0. The van der Waals surface area contributed by atoms with E-state index >= 15 is 0 Å². The average Bonchev–Trinajstić information content (AvgIpc) is 2.78. The molecular weight excluding hydrogens is 268 g/mol. The third-order valence-corrected chi connectivity index (χ3v) is 3.26. The highest BCUT2D eigenvalue weighted by Gasteiger charge is 2.23. The van der Waals surface area contributed by atoms with Crippen LogP contribution >= 0.6 is 0 Å². The fourth-order valence-electron chi connectivity index (χ4n) is 2.42. The number of hydrogen-bond acceptors (Lipinski definition) is 3. The quantitative estimate of drug-likeness (QED) is 0.897. The second-order valence-electron chi connectivity index (χ2n) is 6.21. The van der Waals surface area contributed by atoms with E-state index in [1.54, 1.807) is 20.8 Å². The summed E-state index contributed by atoms with van der Waals surface area (Å²) in [7, 11) is 0. The van der Waals surface area contributed by atoms with Gasteiger partial charge >= 0.3 is 6.09 Å². The van der Waals surface area contributed by atoms with Gasteiger partial charge in [-0.2, -0.15) is 0 Å². The molecule has 0 aromatic heterocycles. The number of carbonyl (C=O) groups excluding carboxylic acids is 2. The third kappa shape index (κ3) is 4.48. The van der Waals surface area contributed by atoms with Gasteiger partial charge in [-0.05, 0) is 44.7 Å². The second kappa shape index (κ2) is 6.16. The first-order chi connectivity index (χ1) is 9.85. The molecule has 2 rings (SSSR count). The zero-order valence-electron chi connectivity index (χ0n) is 12.7. The first kappa shape index (κ1) is 15.4. The summed E-state index contributed by atoms with van der Waals surface area (Å²) in [5.74, 6) is -0.206. The highest BCUT2D eigenvalue weighted by molar-refractivity contribution is 5.82. The van der Waals surface area contributed by atoms with E-state index in [1.165, 1.54) is 11.1 Å². The van der Waals surface area contributed by atoms with Crippen LogP contribution in [0.4, 0.5) is 4.79 Å². The van der Waals surface area contributed by atoms with Crippen LogP contribution < -0.4 is 10.6 Å². The van der Waals surface area contributed by atoms with Gasteiger partial charge in [-0.1, -0.05) is 24.3 Å². The van der Waals surface area contributed by atoms with Crippen LogP contribution in [0, 0.1) is 0 Å². The Balaban J connectivity index is 1.80. The number of alkyl carbamates (subject to hydrolysis) is 1. The SMILES string of the molecule is CC(C)(C)OC(=O)NCC(=O)NC1CCc2ccccc21. The van der Waals surface area contributed by atoms with Crippen molar-refractivity contribution in [1.82, 2.24) is 10.6 Å². The lowest BCUT2D eigenvalue weighted by molar-refractivity contribution is -0.121. The maximum absolute atomic E-state index is 11.9. The lowest BCUT2D eigenvalue weighted by atomic mass is 10.1. The summed E-state index contributed by atoms with van der Waals surface area (Å²) in [4.78, 5) is 23.4. The minimum atomic E-state index is -0.579. The Morgan fingerprint density at radius 1 is 1.29 bits per heavy atom. The fraction of sp³-hybridized carbons (Fsp3) is 0.500. The van der Waals surface area contributed by atoms with Crippen molar-refractivity contribution in [2.75, 3.05) is 6.54 Å². The predicted octanol–water partition coefficient (Wildman–Crippen LogP) is 2.31. The van der Waals surface area contributed by atoms with Crippen LogP contribution in [0.15, 0.2) is 24.3 Å². The van der Waals surface area contributed by atoms with E-state index in [1.807, 2.05) is 18.2 Å². The topological polar surface area (TPSA) is 67.4 Å². The van der Waals surface area contributed by atoms with E-state index in [-0.39, 0.29) is 18.5 Å². The Kier molecular flexibility index (Phi) is 4.50. The van der Waals surface area contributed by atoms with Crippen LogP contribution in [0.25, 0.3) is 0 Å². The van der Waals surface area contributed by atoms with Crippen molar-refractivity contribution in [3.8, 4) is 0 Å². The molecule has 21 heavy (non-hydrogen) atoms. The van der Waals surface area contributed by atoms with Crippen LogP contribution in [0.5, 0.6) is 0 Å². The van der Waals surface area contributed by atoms with Crippen LogP contribution in [-0.2, 0) is 16.0 Å². The number of ether oxygens (including phenoxy) is 1. The summed E-state index contributed by atoms with van der Waals surface area (Å²) < 4.78 is 5.08. The molecule has 2 amide bonds. The average molecular weight is 290 g/mol. The van der Waals surface area contributed by atoms with E-state index in [0.717, 1.165) is 12.8 Å². The van der Waals surface area contributed by atoms with Gasteiger partial charge < -0.3 is 15.4 Å². The Labute approximate surface area is 125 Å².